The van der Waals surface area contributed by atoms with Gasteiger partial charge in [-0.15, -0.1) is 0 Å². The maximum absolute atomic E-state index is 13.4. The van der Waals surface area contributed by atoms with Gasteiger partial charge in [0.25, 0.3) is 5.91 Å². The van der Waals surface area contributed by atoms with Gasteiger partial charge in [0.1, 0.15) is 11.2 Å². The van der Waals surface area contributed by atoms with E-state index in [1.54, 1.807) is 4.90 Å². The Morgan fingerprint density at radius 3 is 2.72 bits per heavy atom. The Balaban J connectivity index is 1.75. The lowest BCUT2D eigenvalue weighted by Gasteiger charge is -2.40. The largest absolute Gasteiger partial charge is 0.354 e. The number of nitrogens with one attached hydrogen (secondary N) is 2. The van der Waals surface area contributed by atoms with Crippen LogP contribution in [-0.2, 0) is 4.79 Å². The van der Waals surface area contributed by atoms with Gasteiger partial charge in [-0.1, -0.05) is 30.3 Å². The number of nitrogens with zero attached hydrogens (tertiary/aromatic N) is 2. The number of aromatic nitrogens is 2. The first-order chi connectivity index (χ1) is 12.1. The van der Waals surface area contributed by atoms with Gasteiger partial charge in [-0.25, -0.2) is 0 Å². The van der Waals surface area contributed by atoms with Crippen molar-refractivity contribution >= 4 is 11.8 Å². The summed E-state index contributed by atoms with van der Waals surface area (Å²) in [4.78, 5) is 27.8. The summed E-state index contributed by atoms with van der Waals surface area (Å²) in [6.07, 6.45) is 3.24. The number of carbonyl (C=O) groups excluding carboxylic acids is 2. The number of aryl methyl sites for hydroxylation is 1. The minimum Gasteiger partial charge on any atom is -0.354 e. The van der Waals surface area contributed by atoms with Crippen LogP contribution in [0.4, 0.5) is 0 Å². The van der Waals surface area contributed by atoms with Crippen LogP contribution >= 0.6 is 0 Å². The molecule has 0 aliphatic carbocycles. The van der Waals surface area contributed by atoms with Crippen LogP contribution in [0.1, 0.15) is 41.7 Å². The van der Waals surface area contributed by atoms with Crippen molar-refractivity contribution in [1.29, 1.82) is 0 Å². The zero-order valence-corrected chi connectivity index (χ0v) is 14.3. The first kappa shape index (κ1) is 15.9. The number of benzene rings is 1. The molecule has 4 rings (SSSR count). The minimum atomic E-state index is -0.687. The SMILES string of the molecule is Cc1[nH]nc(-c2ccccc2)c1C(=O)N1CCCC12CCCNC2=O. The molecule has 130 valence electrons. The highest BCUT2D eigenvalue weighted by molar-refractivity contribution is 6.04. The van der Waals surface area contributed by atoms with E-state index in [0.29, 0.717) is 24.3 Å². The van der Waals surface area contributed by atoms with Crippen LogP contribution in [0.3, 0.4) is 0 Å². The fourth-order valence-corrected chi connectivity index (χ4v) is 4.16. The van der Waals surface area contributed by atoms with Gasteiger partial charge in [-0.05, 0) is 32.6 Å². The van der Waals surface area contributed by atoms with Crippen LogP contribution in [0.25, 0.3) is 11.3 Å². The molecule has 2 saturated heterocycles. The predicted octanol–water partition coefficient (Wildman–Crippen LogP) is 2.27. The fraction of sp³-hybridized carbons (Fsp3) is 0.421. The molecule has 0 saturated carbocycles. The summed E-state index contributed by atoms with van der Waals surface area (Å²) >= 11 is 0. The van der Waals surface area contributed by atoms with Gasteiger partial charge in [0.2, 0.25) is 5.91 Å². The molecular weight excluding hydrogens is 316 g/mol. The summed E-state index contributed by atoms with van der Waals surface area (Å²) in [6, 6.07) is 9.68. The van der Waals surface area contributed by atoms with E-state index in [0.717, 1.165) is 36.9 Å². The van der Waals surface area contributed by atoms with Crippen LogP contribution in [0.5, 0.6) is 0 Å². The van der Waals surface area contributed by atoms with Gasteiger partial charge >= 0.3 is 0 Å². The van der Waals surface area contributed by atoms with Gasteiger partial charge in [0.05, 0.1) is 5.56 Å². The monoisotopic (exact) mass is 338 g/mol. The summed E-state index contributed by atoms with van der Waals surface area (Å²) < 4.78 is 0. The van der Waals surface area contributed by atoms with Gasteiger partial charge in [-0.3, -0.25) is 14.7 Å². The number of rotatable bonds is 2. The van der Waals surface area contributed by atoms with Crippen molar-refractivity contribution in [3.8, 4) is 11.3 Å². The zero-order chi connectivity index (χ0) is 17.4. The average molecular weight is 338 g/mol. The van der Waals surface area contributed by atoms with E-state index in [4.69, 9.17) is 0 Å². The second-order valence-corrected chi connectivity index (χ2v) is 6.89. The fourth-order valence-electron chi connectivity index (χ4n) is 4.16. The smallest absolute Gasteiger partial charge is 0.258 e. The quantitative estimate of drug-likeness (QED) is 0.882. The van der Waals surface area contributed by atoms with Crippen LogP contribution in [-0.4, -0.2) is 45.5 Å². The normalized spacial score (nSPS) is 23.1. The molecule has 0 bridgehead atoms. The Morgan fingerprint density at radius 2 is 1.96 bits per heavy atom. The number of aromatic amines is 1. The van der Waals surface area contributed by atoms with E-state index in [-0.39, 0.29) is 11.8 Å². The molecule has 2 amide bonds. The lowest BCUT2D eigenvalue weighted by Crippen LogP contribution is -2.60. The Hall–Kier alpha value is -2.63. The molecular formula is C19H22N4O2. The lowest BCUT2D eigenvalue weighted by molar-refractivity contribution is -0.133. The molecule has 25 heavy (non-hydrogen) atoms. The third-order valence-corrected chi connectivity index (χ3v) is 5.42. The average Bonchev–Trinajstić information content (AvgIpc) is 3.22. The molecule has 2 aliphatic rings. The molecule has 2 N–H and O–H groups in total. The highest BCUT2D eigenvalue weighted by Crippen LogP contribution is 2.38. The standard InChI is InChI=1S/C19H22N4O2/c1-13-15(16(22-21-13)14-7-3-2-4-8-14)17(24)23-12-6-10-19(23)9-5-11-20-18(19)25/h2-4,7-8H,5-6,9-12H2,1H3,(H,20,25)(H,21,22). The van der Waals surface area contributed by atoms with Gasteiger partial charge < -0.3 is 10.2 Å². The number of hydrogen-bond donors (Lipinski definition) is 2. The second-order valence-electron chi connectivity index (χ2n) is 6.89. The molecule has 1 atom stereocenters. The Kier molecular flexibility index (Phi) is 3.82. The van der Waals surface area contributed by atoms with E-state index in [1.165, 1.54) is 0 Å². The highest BCUT2D eigenvalue weighted by atomic mass is 16.2. The summed E-state index contributed by atoms with van der Waals surface area (Å²) in [7, 11) is 0. The first-order valence-corrected chi connectivity index (χ1v) is 8.84. The summed E-state index contributed by atoms with van der Waals surface area (Å²) in [5.41, 5.74) is 2.18. The third kappa shape index (κ3) is 2.44. The Bertz CT molecular complexity index is 814. The van der Waals surface area contributed by atoms with Gasteiger partial charge in [0.15, 0.2) is 0 Å². The molecule has 1 aromatic carbocycles. The van der Waals surface area contributed by atoms with Crippen molar-refractivity contribution < 1.29 is 9.59 Å². The first-order valence-electron chi connectivity index (χ1n) is 8.84. The molecule has 1 spiro atoms. The molecule has 2 aliphatic heterocycles. The van der Waals surface area contributed by atoms with Crippen LogP contribution in [0.15, 0.2) is 30.3 Å². The number of hydrogen-bond acceptors (Lipinski definition) is 3. The van der Waals surface area contributed by atoms with Gasteiger partial charge in [0, 0.05) is 24.3 Å². The number of amides is 2. The van der Waals surface area contributed by atoms with Crippen LogP contribution in [0.2, 0.25) is 0 Å². The van der Waals surface area contributed by atoms with E-state index in [2.05, 4.69) is 15.5 Å². The number of likely N-dealkylation sites (tertiary alicyclic amines) is 1. The molecule has 6 heteroatoms. The molecule has 3 heterocycles. The molecule has 0 radical (unpaired) electrons. The van der Waals surface area contributed by atoms with Crippen molar-refractivity contribution in [1.82, 2.24) is 20.4 Å². The number of carbonyl (C=O) groups is 2. The van der Waals surface area contributed by atoms with Crippen molar-refractivity contribution in [3.63, 3.8) is 0 Å². The lowest BCUT2D eigenvalue weighted by atomic mass is 9.86. The van der Waals surface area contributed by atoms with Crippen molar-refractivity contribution in [2.75, 3.05) is 13.1 Å². The topological polar surface area (TPSA) is 78.1 Å². The third-order valence-electron chi connectivity index (χ3n) is 5.42. The van der Waals surface area contributed by atoms with Gasteiger partial charge in [-0.2, -0.15) is 5.10 Å². The summed E-state index contributed by atoms with van der Waals surface area (Å²) in [6.45, 7) is 3.17. The molecule has 1 aromatic heterocycles. The predicted molar refractivity (Wildman–Crippen MR) is 94.0 cm³/mol. The van der Waals surface area contributed by atoms with Crippen LogP contribution in [0, 0.1) is 6.92 Å². The summed E-state index contributed by atoms with van der Waals surface area (Å²) in [5.74, 6) is -0.105. The number of piperidine rings is 1. The van der Waals surface area contributed by atoms with E-state index in [1.807, 2.05) is 37.3 Å². The molecule has 2 fully saturated rings. The molecule has 1 unspecified atom stereocenters. The molecule has 2 aromatic rings. The van der Waals surface area contributed by atoms with E-state index in [9.17, 15) is 9.59 Å². The maximum Gasteiger partial charge on any atom is 0.258 e. The Morgan fingerprint density at radius 1 is 1.20 bits per heavy atom. The van der Waals surface area contributed by atoms with E-state index < -0.39 is 5.54 Å². The highest BCUT2D eigenvalue weighted by Gasteiger charge is 2.51. The van der Waals surface area contributed by atoms with Crippen molar-refractivity contribution in [2.45, 2.75) is 38.1 Å². The minimum absolute atomic E-state index is 0.00740. The molecule has 6 nitrogen and oxygen atoms in total. The summed E-state index contributed by atoms with van der Waals surface area (Å²) in [5, 5.41) is 10.3. The van der Waals surface area contributed by atoms with Crippen LogP contribution < -0.4 is 5.32 Å². The van der Waals surface area contributed by atoms with E-state index >= 15 is 0 Å². The Labute approximate surface area is 146 Å². The number of H-pyrrole nitrogens is 1. The van der Waals surface area contributed by atoms with Crippen molar-refractivity contribution in [2.24, 2.45) is 0 Å². The second kappa shape index (κ2) is 6.02. The van der Waals surface area contributed by atoms with Crippen molar-refractivity contribution in [3.05, 3.63) is 41.6 Å². The maximum atomic E-state index is 13.4. The zero-order valence-electron chi connectivity index (χ0n) is 14.3.